The monoisotopic (exact) mass is 164 g/mol. The van der Waals surface area contributed by atoms with E-state index in [9.17, 15) is 0 Å². The zero-order chi connectivity index (χ0) is 9.73. The molecule has 0 unspecified atom stereocenters. The van der Waals surface area contributed by atoms with Crippen LogP contribution in [0.2, 0.25) is 0 Å². The summed E-state index contributed by atoms with van der Waals surface area (Å²) in [4.78, 5) is 0. The minimum atomic E-state index is -0.999. The van der Waals surface area contributed by atoms with Gasteiger partial charge in [-0.15, -0.1) is 19.3 Å². The third kappa shape index (κ3) is 1.41. The fourth-order valence-corrected chi connectivity index (χ4v) is 1.06. The Kier molecular flexibility index (Phi) is 2.44. The first kappa shape index (κ1) is 8.99. The van der Waals surface area contributed by atoms with Crippen LogP contribution in [0, 0.1) is 37.0 Å². The molecule has 0 saturated heterocycles. The van der Waals surface area contributed by atoms with Crippen LogP contribution in [0.3, 0.4) is 0 Å². The van der Waals surface area contributed by atoms with Gasteiger partial charge >= 0.3 is 0 Å². The number of rotatable bonds is 1. The van der Waals surface area contributed by atoms with Gasteiger partial charge in [-0.3, -0.25) is 0 Å². The van der Waals surface area contributed by atoms with Crippen LogP contribution in [0.4, 0.5) is 0 Å². The third-order valence-electron chi connectivity index (χ3n) is 1.86. The van der Waals surface area contributed by atoms with Crippen LogP contribution in [0.5, 0.6) is 0 Å². The van der Waals surface area contributed by atoms with Crippen LogP contribution in [-0.2, 0) is 5.41 Å². The van der Waals surface area contributed by atoms with Gasteiger partial charge in [-0.05, 0) is 5.56 Å². The van der Waals surface area contributed by atoms with Crippen LogP contribution in [0.15, 0.2) is 30.3 Å². The fourth-order valence-electron chi connectivity index (χ4n) is 1.06. The molecule has 0 atom stereocenters. The van der Waals surface area contributed by atoms with E-state index in [-0.39, 0.29) is 0 Å². The topological polar surface area (TPSA) is 0 Å². The van der Waals surface area contributed by atoms with E-state index in [1.165, 1.54) is 0 Å². The van der Waals surface area contributed by atoms with Gasteiger partial charge < -0.3 is 0 Å². The number of hydrogen-bond acceptors (Lipinski definition) is 0. The molecule has 0 aliphatic rings. The SMILES string of the molecule is C#CC(C#C)(C#C)c1ccccc1. The van der Waals surface area contributed by atoms with Crippen molar-refractivity contribution in [3.05, 3.63) is 35.9 Å². The van der Waals surface area contributed by atoms with Gasteiger partial charge in [0.15, 0.2) is 5.41 Å². The molecule has 0 saturated carbocycles. The maximum Gasteiger partial charge on any atom is 0.176 e. The Bertz CT molecular complexity index is 368. The quantitative estimate of drug-likeness (QED) is 0.555. The highest BCUT2D eigenvalue weighted by Crippen LogP contribution is 2.20. The van der Waals surface area contributed by atoms with E-state index in [1.54, 1.807) is 0 Å². The molecule has 1 aromatic carbocycles. The molecular weight excluding hydrogens is 156 g/mol. The van der Waals surface area contributed by atoms with Gasteiger partial charge in [0.05, 0.1) is 0 Å². The summed E-state index contributed by atoms with van der Waals surface area (Å²) < 4.78 is 0. The van der Waals surface area contributed by atoms with E-state index in [4.69, 9.17) is 19.3 Å². The second-order valence-corrected chi connectivity index (χ2v) is 2.55. The van der Waals surface area contributed by atoms with E-state index in [0.29, 0.717) is 0 Å². The largest absolute Gasteiger partial charge is 0.176 e. The molecule has 0 bridgehead atoms. The van der Waals surface area contributed by atoms with Crippen molar-refractivity contribution in [2.75, 3.05) is 0 Å². The minimum Gasteiger partial charge on any atom is -0.117 e. The summed E-state index contributed by atoms with van der Waals surface area (Å²) in [5.74, 6) is 7.38. The molecule has 0 radical (unpaired) electrons. The molecule has 13 heavy (non-hydrogen) atoms. The first-order chi connectivity index (χ1) is 6.29. The van der Waals surface area contributed by atoms with Crippen molar-refractivity contribution < 1.29 is 0 Å². The first-order valence-electron chi connectivity index (χ1n) is 3.78. The lowest BCUT2D eigenvalue weighted by atomic mass is 9.83. The summed E-state index contributed by atoms with van der Waals surface area (Å²) in [6, 6.07) is 9.27. The van der Waals surface area contributed by atoms with Gasteiger partial charge in [0.1, 0.15) is 0 Å². The first-order valence-corrected chi connectivity index (χ1v) is 3.78. The van der Waals surface area contributed by atoms with E-state index in [1.807, 2.05) is 30.3 Å². The van der Waals surface area contributed by atoms with Crippen molar-refractivity contribution in [3.8, 4) is 37.0 Å². The van der Waals surface area contributed by atoms with Crippen molar-refractivity contribution >= 4 is 0 Å². The Balaban J connectivity index is 3.31. The summed E-state index contributed by atoms with van der Waals surface area (Å²) in [5, 5.41) is 0. The van der Waals surface area contributed by atoms with Crippen LogP contribution >= 0.6 is 0 Å². The molecule has 0 heteroatoms. The van der Waals surface area contributed by atoms with E-state index < -0.39 is 5.41 Å². The second-order valence-electron chi connectivity index (χ2n) is 2.55. The molecule has 1 rings (SSSR count). The lowest BCUT2D eigenvalue weighted by molar-refractivity contribution is 0.973. The van der Waals surface area contributed by atoms with Crippen molar-refractivity contribution in [3.63, 3.8) is 0 Å². The minimum absolute atomic E-state index is 0.794. The Morgan fingerprint density at radius 3 is 1.69 bits per heavy atom. The van der Waals surface area contributed by atoms with Crippen LogP contribution in [-0.4, -0.2) is 0 Å². The van der Waals surface area contributed by atoms with Crippen molar-refractivity contribution in [1.29, 1.82) is 0 Å². The Labute approximate surface area is 79.0 Å². The normalized spacial score (nSPS) is 9.31. The average Bonchev–Trinajstić information content (AvgIpc) is 2.23. The molecular formula is C13H8. The van der Waals surface area contributed by atoms with E-state index in [2.05, 4.69) is 17.8 Å². The molecule has 0 fully saturated rings. The lowest BCUT2D eigenvalue weighted by Gasteiger charge is -2.15. The molecule has 0 aromatic heterocycles. The van der Waals surface area contributed by atoms with Gasteiger partial charge in [-0.2, -0.15) is 0 Å². The predicted octanol–water partition coefficient (Wildman–Crippen LogP) is 1.82. The highest BCUT2D eigenvalue weighted by atomic mass is 14.2. The predicted molar refractivity (Wildman–Crippen MR) is 54.6 cm³/mol. The van der Waals surface area contributed by atoms with E-state index in [0.717, 1.165) is 5.56 Å². The molecule has 0 N–H and O–H groups in total. The maximum atomic E-state index is 5.33. The summed E-state index contributed by atoms with van der Waals surface area (Å²) in [5.41, 5.74) is -0.205. The van der Waals surface area contributed by atoms with Crippen LogP contribution < -0.4 is 0 Å². The fraction of sp³-hybridized carbons (Fsp3) is 0.0769. The smallest absolute Gasteiger partial charge is 0.117 e. The van der Waals surface area contributed by atoms with Crippen molar-refractivity contribution in [2.24, 2.45) is 0 Å². The molecule has 0 aliphatic heterocycles. The summed E-state index contributed by atoms with van der Waals surface area (Å²) >= 11 is 0. The molecule has 0 amide bonds. The zero-order valence-electron chi connectivity index (χ0n) is 7.12. The Morgan fingerprint density at radius 2 is 1.31 bits per heavy atom. The third-order valence-corrected chi connectivity index (χ3v) is 1.86. The summed E-state index contributed by atoms with van der Waals surface area (Å²) in [6.07, 6.45) is 16.0. The second kappa shape index (κ2) is 3.53. The van der Waals surface area contributed by atoms with Gasteiger partial charge in [0, 0.05) is 0 Å². The van der Waals surface area contributed by atoms with Crippen LogP contribution in [0.25, 0.3) is 0 Å². The summed E-state index contributed by atoms with van der Waals surface area (Å²) in [6.45, 7) is 0. The highest BCUT2D eigenvalue weighted by Gasteiger charge is 2.23. The van der Waals surface area contributed by atoms with E-state index >= 15 is 0 Å². The van der Waals surface area contributed by atoms with Crippen molar-refractivity contribution in [1.82, 2.24) is 0 Å². The highest BCUT2D eigenvalue weighted by molar-refractivity contribution is 5.52. The van der Waals surface area contributed by atoms with Gasteiger partial charge in [0.25, 0.3) is 0 Å². The van der Waals surface area contributed by atoms with Gasteiger partial charge in [0.2, 0.25) is 0 Å². The number of benzene rings is 1. The number of terminal acetylenes is 3. The Hall–Kier alpha value is -2.10. The summed E-state index contributed by atoms with van der Waals surface area (Å²) in [7, 11) is 0. The van der Waals surface area contributed by atoms with Crippen molar-refractivity contribution in [2.45, 2.75) is 5.41 Å². The van der Waals surface area contributed by atoms with Crippen LogP contribution in [0.1, 0.15) is 5.56 Å². The lowest BCUT2D eigenvalue weighted by Crippen LogP contribution is -2.18. The molecule has 60 valence electrons. The molecule has 1 aromatic rings. The zero-order valence-corrected chi connectivity index (χ0v) is 7.12. The standard InChI is InChI=1S/C13H8/c1-4-13(5-2,6-3)12-10-8-7-9-11-12/h1-3,7-11H. The molecule has 0 spiro atoms. The maximum absolute atomic E-state index is 5.33. The molecule has 0 aliphatic carbocycles. The number of hydrogen-bond donors (Lipinski definition) is 0. The average molecular weight is 164 g/mol. The Morgan fingerprint density at radius 1 is 0.846 bits per heavy atom. The molecule has 0 nitrogen and oxygen atoms in total. The molecule has 0 heterocycles. The van der Waals surface area contributed by atoms with Gasteiger partial charge in [-0.1, -0.05) is 48.1 Å². The van der Waals surface area contributed by atoms with Gasteiger partial charge in [-0.25, -0.2) is 0 Å².